The second-order valence-corrected chi connectivity index (χ2v) is 4.18. The Bertz CT molecular complexity index is 329. The summed E-state index contributed by atoms with van der Waals surface area (Å²) >= 11 is 7.37. The first-order chi connectivity index (χ1) is 7.26. The smallest absolute Gasteiger partial charge is 0.132 e. The van der Waals surface area contributed by atoms with Gasteiger partial charge in [0, 0.05) is 5.88 Å². The third kappa shape index (κ3) is 2.95. The van der Waals surface area contributed by atoms with Gasteiger partial charge >= 0.3 is 0 Å². The summed E-state index contributed by atoms with van der Waals surface area (Å²) in [6.07, 6.45) is 2.80. The fourth-order valence-electron chi connectivity index (χ4n) is 1.39. The monoisotopic (exact) mass is 246 g/mol. The van der Waals surface area contributed by atoms with Crippen LogP contribution in [0.4, 0.5) is 0 Å². The van der Waals surface area contributed by atoms with Crippen molar-refractivity contribution < 1.29 is 9.47 Å². The molecule has 0 radical (unpaired) electrons. The Morgan fingerprint density at radius 3 is 2.33 bits per heavy atom. The summed E-state index contributed by atoms with van der Waals surface area (Å²) in [7, 11) is 3.34. The van der Waals surface area contributed by atoms with Crippen LogP contribution < -0.4 is 9.47 Å². The van der Waals surface area contributed by atoms with Crippen molar-refractivity contribution in [3.05, 3.63) is 17.7 Å². The second-order valence-electron chi connectivity index (χ2n) is 2.96. The first-order valence-electron chi connectivity index (χ1n) is 4.61. The van der Waals surface area contributed by atoms with E-state index in [1.54, 1.807) is 26.0 Å². The minimum atomic E-state index is 0.581. The van der Waals surface area contributed by atoms with Gasteiger partial charge in [0.1, 0.15) is 11.5 Å². The van der Waals surface area contributed by atoms with Crippen LogP contribution in [0, 0.1) is 0 Å². The fourth-order valence-corrected chi connectivity index (χ4v) is 2.16. The summed E-state index contributed by atoms with van der Waals surface area (Å²) in [5.74, 6) is 2.34. The van der Waals surface area contributed by atoms with E-state index in [0.717, 1.165) is 28.4 Å². The van der Waals surface area contributed by atoms with Crippen molar-refractivity contribution in [2.24, 2.45) is 0 Å². The molecule has 1 aromatic carbocycles. The molecule has 1 aromatic rings. The standard InChI is InChI=1S/C11H15ClO2S/c1-13-9-7-11(15-3)10(14-2)6-8(9)4-5-12/h6-7H,4-5H2,1-3H3. The van der Waals surface area contributed by atoms with Crippen molar-refractivity contribution in [1.29, 1.82) is 0 Å². The van der Waals surface area contributed by atoms with E-state index in [0.29, 0.717) is 5.88 Å². The number of alkyl halides is 1. The second kappa shape index (κ2) is 6.13. The van der Waals surface area contributed by atoms with E-state index in [1.165, 1.54) is 0 Å². The molecule has 0 spiro atoms. The average Bonchev–Trinajstić information content (AvgIpc) is 2.28. The molecule has 0 aromatic heterocycles. The topological polar surface area (TPSA) is 18.5 Å². The number of aryl methyl sites for hydroxylation is 1. The zero-order valence-corrected chi connectivity index (χ0v) is 10.7. The van der Waals surface area contributed by atoms with Crippen molar-refractivity contribution in [2.45, 2.75) is 11.3 Å². The minimum absolute atomic E-state index is 0.581. The predicted octanol–water partition coefficient (Wildman–Crippen LogP) is 3.21. The first-order valence-corrected chi connectivity index (χ1v) is 6.37. The van der Waals surface area contributed by atoms with Gasteiger partial charge in [-0.15, -0.1) is 23.4 Å². The highest BCUT2D eigenvalue weighted by Gasteiger charge is 2.09. The molecule has 2 nitrogen and oxygen atoms in total. The van der Waals surface area contributed by atoms with E-state index in [4.69, 9.17) is 21.1 Å². The van der Waals surface area contributed by atoms with E-state index < -0.39 is 0 Å². The molecule has 15 heavy (non-hydrogen) atoms. The van der Waals surface area contributed by atoms with Gasteiger partial charge in [0.25, 0.3) is 0 Å². The van der Waals surface area contributed by atoms with Crippen LogP contribution in [-0.2, 0) is 6.42 Å². The van der Waals surface area contributed by atoms with Crippen LogP contribution in [0.2, 0.25) is 0 Å². The Hall–Kier alpha value is -0.540. The minimum Gasteiger partial charge on any atom is -0.496 e. The van der Waals surface area contributed by atoms with Gasteiger partial charge in [0.2, 0.25) is 0 Å². The lowest BCUT2D eigenvalue weighted by atomic mass is 10.1. The van der Waals surface area contributed by atoms with Crippen LogP contribution in [-0.4, -0.2) is 26.4 Å². The zero-order valence-electron chi connectivity index (χ0n) is 9.17. The van der Waals surface area contributed by atoms with E-state index >= 15 is 0 Å². The van der Waals surface area contributed by atoms with Crippen molar-refractivity contribution in [2.75, 3.05) is 26.4 Å². The van der Waals surface area contributed by atoms with Gasteiger partial charge in [-0.25, -0.2) is 0 Å². The van der Waals surface area contributed by atoms with Crippen LogP contribution in [0.1, 0.15) is 5.56 Å². The number of ether oxygens (including phenoxy) is 2. The van der Waals surface area contributed by atoms with E-state index in [1.807, 2.05) is 18.4 Å². The molecule has 0 unspecified atom stereocenters. The number of methoxy groups -OCH3 is 2. The Kier molecular flexibility index (Phi) is 5.12. The molecular formula is C11H15ClO2S. The summed E-state index contributed by atoms with van der Waals surface area (Å²) in [6, 6.07) is 3.98. The normalized spacial score (nSPS) is 10.1. The molecule has 0 amide bonds. The Labute approximate surface area is 99.9 Å². The summed E-state index contributed by atoms with van der Waals surface area (Å²) in [6.45, 7) is 0. The van der Waals surface area contributed by atoms with Crippen LogP contribution in [0.15, 0.2) is 17.0 Å². The third-order valence-electron chi connectivity index (χ3n) is 2.15. The predicted molar refractivity (Wildman–Crippen MR) is 65.8 cm³/mol. The molecular weight excluding hydrogens is 232 g/mol. The number of halogens is 1. The number of benzene rings is 1. The maximum Gasteiger partial charge on any atom is 0.132 e. The van der Waals surface area contributed by atoms with Crippen molar-refractivity contribution in [1.82, 2.24) is 0 Å². The highest BCUT2D eigenvalue weighted by Crippen LogP contribution is 2.34. The molecule has 0 N–H and O–H groups in total. The maximum absolute atomic E-state index is 5.73. The molecule has 0 saturated heterocycles. The molecule has 1 rings (SSSR count). The quantitative estimate of drug-likeness (QED) is 0.587. The Morgan fingerprint density at radius 1 is 1.20 bits per heavy atom. The van der Waals surface area contributed by atoms with Crippen molar-refractivity contribution in [3.63, 3.8) is 0 Å². The first kappa shape index (κ1) is 12.5. The summed E-state index contributed by atoms with van der Waals surface area (Å²) < 4.78 is 10.6. The zero-order chi connectivity index (χ0) is 11.3. The summed E-state index contributed by atoms with van der Waals surface area (Å²) in [5.41, 5.74) is 1.09. The van der Waals surface area contributed by atoms with Gasteiger partial charge in [-0.3, -0.25) is 0 Å². The Morgan fingerprint density at radius 2 is 1.87 bits per heavy atom. The molecule has 0 aliphatic rings. The SMILES string of the molecule is COc1cc(SC)c(OC)cc1CCCl. The lowest BCUT2D eigenvalue weighted by Crippen LogP contribution is -1.96. The van der Waals surface area contributed by atoms with Gasteiger partial charge in [-0.05, 0) is 30.4 Å². The van der Waals surface area contributed by atoms with E-state index in [-0.39, 0.29) is 0 Å². The lowest BCUT2D eigenvalue weighted by Gasteiger charge is -2.12. The van der Waals surface area contributed by atoms with Crippen LogP contribution in [0.25, 0.3) is 0 Å². The largest absolute Gasteiger partial charge is 0.496 e. The molecule has 0 aliphatic heterocycles. The third-order valence-corrected chi connectivity index (χ3v) is 3.10. The van der Waals surface area contributed by atoms with Crippen LogP contribution >= 0.6 is 23.4 Å². The highest BCUT2D eigenvalue weighted by molar-refractivity contribution is 7.98. The molecule has 0 saturated carbocycles. The number of rotatable bonds is 5. The molecule has 4 heteroatoms. The fraction of sp³-hybridized carbons (Fsp3) is 0.455. The van der Waals surface area contributed by atoms with E-state index in [2.05, 4.69) is 0 Å². The van der Waals surface area contributed by atoms with Gasteiger partial charge in [0.15, 0.2) is 0 Å². The molecule has 0 fully saturated rings. The summed E-state index contributed by atoms with van der Waals surface area (Å²) in [5, 5.41) is 0. The number of hydrogen-bond acceptors (Lipinski definition) is 3. The lowest BCUT2D eigenvalue weighted by molar-refractivity contribution is 0.391. The van der Waals surface area contributed by atoms with Crippen molar-refractivity contribution in [3.8, 4) is 11.5 Å². The van der Waals surface area contributed by atoms with Crippen LogP contribution in [0.3, 0.4) is 0 Å². The molecule has 0 heterocycles. The highest BCUT2D eigenvalue weighted by atomic mass is 35.5. The maximum atomic E-state index is 5.73. The molecule has 0 atom stereocenters. The van der Waals surface area contributed by atoms with Gasteiger partial charge in [0.05, 0.1) is 19.1 Å². The van der Waals surface area contributed by atoms with Crippen molar-refractivity contribution >= 4 is 23.4 Å². The van der Waals surface area contributed by atoms with Gasteiger partial charge in [-0.1, -0.05) is 0 Å². The number of thioether (sulfide) groups is 1. The van der Waals surface area contributed by atoms with E-state index in [9.17, 15) is 0 Å². The molecule has 0 bridgehead atoms. The molecule has 0 aliphatic carbocycles. The average molecular weight is 247 g/mol. The summed E-state index contributed by atoms with van der Waals surface area (Å²) in [4.78, 5) is 1.08. The number of hydrogen-bond donors (Lipinski definition) is 0. The van der Waals surface area contributed by atoms with Gasteiger partial charge in [-0.2, -0.15) is 0 Å². The van der Waals surface area contributed by atoms with Crippen LogP contribution in [0.5, 0.6) is 11.5 Å². The Balaban J connectivity index is 3.15. The molecule has 84 valence electrons. The van der Waals surface area contributed by atoms with Gasteiger partial charge < -0.3 is 9.47 Å².